The van der Waals surface area contributed by atoms with Crippen molar-refractivity contribution in [1.82, 2.24) is 0 Å². The largest absolute Gasteiger partial charge is 0.281 e. The Kier molecular flexibility index (Phi) is 3.58. The van der Waals surface area contributed by atoms with E-state index in [1.165, 1.54) is 17.5 Å². The number of hydrogen-bond donors (Lipinski definition) is 0. The van der Waals surface area contributed by atoms with Crippen LogP contribution in [0.2, 0.25) is 0 Å². The van der Waals surface area contributed by atoms with Crippen LogP contribution in [0.25, 0.3) is 0 Å². The lowest BCUT2D eigenvalue weighted by atomic mass is 9.93. The quantitative estimate of drug-likeness (QED) is 0.743. The summed E-state index contributed by atoms with van der Waals surface area (Å²) in [6.07, 6.45) is 2.32. The standard InChI is InChI=1S/C15H19ClO/c1-9(2)13-7-12-5-4-11(6-14(12)8-13)10(3)15(16)17/h4-6,9-10,13H,7-8H2,1-3H3. The van der Waals surface area contributed by atoms with Gasteiger partial charge in [0.1, 0.15) is 0 Å². The minimum absolute atomic E-state index is 0.194. The van der Waals surface area contributed by atoms with Crippen LogP contribution >= 0.6 is 11.6 Å². The van der Waals surface area contributed by atoms with E-state index in [1.807, 2.05) is 13.0 Å². The zero-order valence-electron chi connectivity index (χ0n) is 10.7. The maximum Gasteiger partial charge on any atom is 0.228 e. The van der Waals surface area contributed by atoms with Gasteiger partial charge in [0, 0.05) is 0 Å². The molecule has 2 heteroatoms. The highest BCUT2D eigenvalue weighted by molar-refractivity contribution is 6.64. The molecule has 0 N–H and O–H groups in total. The Hall–Kier alpha value is -0.820. The summed E-state index contributed by atoms with van der Waals surface area (Å²) >= 11 is 5.55. The monoisotopic (exact) mass is 250 g/mol. The number of hydrogen-bond acceptors (Lipinski definition) is 1. The van der Waals surface area contributed by atoms with Crippen LogP contribution in [-0.2, 0) is 17.6 Å². The number of rotatable bonds is 3. The van der Waals surface area contributed by atoms with E-state index < -0.39 is 0 Å². The Balaban J connectivity index is 2.24. The zero-order chi connectivity index (χ0) is 12.6. The molecule has 1 nitrogen and oxygen atoms in total. The predicted octanol–water partition coefficient (Wildman–Crippen LogP) is 3.93. The molecule has 0 bridgehead atoms. The van der Waals surface area contributed by atoms with E-state index in [0.717, 1.165) is 23.8 Å². The average Bonchev–Trinajstić information content (AvgIpc) is 2.70. The molecule has 1 aliphatic carbocycles. The zero-order valence-corrected chi connectivity index (χ0v) is 11.4. The van der Waals surface area contributed by atoms with Crippen molar-refractivity contribution in [1.29, 1.82) is 0 Å². The molecule has 92 valence electrons. The molecule has 0 amide bonds. The van der Waals surface area contributed by atoms with Gasteiger partial charge in [-0.15, -0.1) is 0 Å². The molecule has 2 atom stereocenters. The van der Waals surface area contributed by atoms with Gasteiger partial charge >= 0.3 is 0 Å². The van der Waals surface area contributed by atoms with Crippen molar-refractivity contribution < 1.29 is 4.79 Å². The Morgan fingerprint density at radius 2 is 1.88 bits per heavy atom. The van der Waals surface area contributed by atoms with Crippen molar-refractivity contribution in [3.8, 4) is 0 Å². The summed E-state index contributed by atoms with van der Waals surface area (Å²) in [5.41, 5.74) is 3.90. The van der Waals surface area contributed by atoms with Gasteiger partial charge in [-0.2, -0.15) is 0 Å². The van der Waals surface area contributed by atoms with Gasteiger partial charge < -0.3 is 0 Å². The third kappa shape index (κ3) is 2.55. The second kappa shape index (κ2) is 4.81. The molecule has 0 saturated carbocycles. The molecule has 2 rings (SSSR count). The van der Waals surface area contributed by atoms with Gasteiger partial charge in [0.15, 0.2) is 0 Å². The summed E-state index contributed by atoms with van der Waals surface area (Å²) in [4.78, 5) is 11.2. The molecular weight excluding hydrogens is 232 g/mol. The number of benzene rings is 1. The first kappa shape index (κ1) is 12.6. The molecule has 17 heavy (non-hydrogen) atoms. The molecule has 1 aliphatic rings. The highest BCUT2D eigenvalue weighted by Crippen LogP contribution is 2.33. The number of carbonyl (C=O) groups is 1. The molecule has 0 saturated heterocycles. The van der Waals surface area contributed by atoms with Crippen molar-refractivity contribution in [2.24, 2.45) is 11.8 Å². The Morgan fingerprint density at radius 1 is 1.24 bits per heavy atom. The third-order valence-corrected chi connectivity index (χ3v) is 4.31. The second-order valence-electron chi connectivity index (χ2n) is 5.47. The maximum atomic E-state index is 11.2. The molecule has 2 unspecified atom stereocenters. The van der Waals surface area contributed by atoms with Crippen LogP contribution in [0, 0.1) is 11.8 Å². The van der Waals surface area contributed by atoms with Gasteiger partial charge in [-0.05, 0) is 53.0 Å². The van der Waals surface area contributed by atoms with E-state index in [1.54, 1.807) is 0 Å². The highest BCUT2D eigenvalue weighted by Gasteiger charge is 2.25. The Labute approximate surface area is 108 Å². The van der Waals surface area contributed by atoms with Gasteiger partial charge in [-0.25, -0.2) is 0 Å². The number of carbonyl (C=O) groups excluding carboxylic acids is 1. The summed E-state index contributed by atoms with van der Waals surface area (Å²) < 4.78 is 0. The SMILES string of the molecule is CC(C(=O)Cl)c1ccc2c(c1)CC(C(C)C)C2. The fraction of sp³-hybridized carbons (Fsp3) is 0.533. The lowest BCUT2D eigenvalue weighted by Crippen LogP contribution is -2.07. The van der Waals surface area contributed by atoms with Crippen LogP contribution < -0.4 is 0 Å². The number of fused-ring (bicyclic) bond motifs is 1. The van der Waals surface area contributed by atoms with E-state index in [-0.39, 0.29) is 11.2 Å². The molecule has 1 aromatic carbocycles. The predicted molar refractivity (Wildman–Crippen MR) is 71.5 cm³/mol. The van der Waals surface area contributed by atoms with Crippen molar-refractivity contribution in [3.63, 3.8) is 0 Å². The molecule has 1 aromatic rings. The lowest BCUT2D eigenvalue weighted by Gasteiger charge is -2.12. The molecule has 0 radical (unpaired) electrons. The van der Waals surface area contributed by atoms with Crippen LogP contribution in [0.3, 0.4) is 0 Å². The minimum atomic E-state index is -0.275. The van der Waals surface area contributed by atoms with Crippen LogP contribution in [0.4, 0.5) is 0 Å². The van der Waals surface area contributed by atoms with Gasteiger partial charge in [0.2, 0.25) is 5.24 Å². The first-order valence-corrected chi connectivity index (χ1v) is 6.68. The molecule has 0 fully saturated rings. The second-order valence-corrected chi connectivity index (χ2v) is 5.84. The van der Waals surface area contributed by atoms with Gasteiger partial charge in [-0.1, -0.05) is 39.0 Å². The van der Waals surface area contributed by atoms with Crippen molar-refractivity contribution in [3.05, 3.63) is 34.9 Å². The molecule has 0 spiro atoms. The van der Waals surface area contributed by atoms with E-state index in [9.17, 15) is 4.79 Å². The first-order valence-electron chi connectivity index (χ1n) is 6.30. The molecule has 0 aliphatic heterocycles. The van der Waals surface area contributed by atoms with E-state index in [2.05, 4.69) is 26.0 Å². The molecule has 0 heterocycles. The smallest absolute Gasteiger partial charge is 0.228 e. The van der Waals surface area contributed by atoms with Gasteiger partial charge in [-0.3, -0.25) is 4.79 Å². The van der Waals surface area contributed by atoms with E-state index >= 15 is 0 Å². The Morgan fingerprint density at radius 3 is 2.47 bits per heavy atom. The maximum absolute atomic E-state index is 11.2. The fourth-order valence-corrected chi connectivity index (χ4v) is 2.67. The van der Waals surface area contributed by atoms with Crippen LogP contribution in [0.5, 0.6) is 0 Å². The van der Waals surface area contributed by atoms with E-state index in [4.69, 9.17) is 11.6 Å². The summed E-state index contributed by atoms with van der Waals surface area (Å²) in [7, 11) is 0. The average molecular weight is 251 g/mol. The van der Waals surface area contributed by atoms with Gasteiger partial charge in [0.25, 0.3) is 0 Å². The van der Waals surface area contributed by atoms with Crippen molar-refractivity contribution in [2.45, 2.75) is 39.5 Å². The van der Waals surface area contributed by atoms with Crippen LogP contribution in [0.1, 0.15) is 43.4 Å². The summed E-state index contributed by atoms with van der Waals surface area (Å²) in [6, 6.07) is 6.39. The topological polar surface area (TPSA) is 17.1 Å². The normalized spacial score (nSPS) is 20.4. The van der Waals surface area contributed by atoms with E-state index in [0.29, 0.717) is 0 Å². The van der Waals surface area contributed by atoms with Crippen LogP contribution in [-0.4, -0.2) is 5.24 Å². The minimum Gasteiger partial charge on any atom is -0.281 e. The van der Waals surface area contributed by atoms with Crippen molar-refractivity contribution >= 4 is 16.8 Å². The summed E-state index contributed by atoms with van der Waals surface area (Å²) in [5, 5.41) is -0.275. The lowest BCUT2D eigenvalue weighted by molar-refractivity contribution is -0.112. The molecule has 0 aromatic heterocycles. The first-order chi connectivity index (χ1) is 7.99. The molecular formula is C15H19ClO. The fourth-order valence-electron chi connectivity index (χ4n) is 2.54. The number of halogens is 1. The summed E-state index contributed by atoms with van der Waals surface area (Å²) in [5.74, 6) is 1.28. The Bertz CT molecular complexity index is 437. The van der Waals surface area contributed by atoms with Crippen LogP contribution in [0.15, 0.2) is 18.2 Å². The highest BCUT2D eigenvalue weighted by atomic mass is 35.5. The third-order valence-electron chi connectivity index (χ3n) is 3.98. The van der Waals surface area contributed by atoms with Gasteiger partial charge in [0.05, 0.1) is 5.92 Å². The summed E-state index contributed by atoms with van der Waals surface area (Å²) in [6.45, 7) is 6.43. The van der Waals surface area contributed by atoms with Crippen molar-refractivity contribution in [2.75, 3.05) is 0 Å².